The lowest BCUT2D eigenvalue weighted by Crippen LogP contribution is -2.31. The van der Waals surface area contributed by atoms with Crippen LogP contribution in [0.15, 0.2) is 47.3 Å². The highest BCUT2D eigenvalue weighted by Gasteiger charge is 2.10. The first-order valence-corrected chi connectivity index (χ1v) is 7.68. The largest absolute Gasteiger partial charge is 0.393 e. The highest BCUT2D eigenvalue weighted by molar-refractivity contribution is 5.91. The molecule has 1 heterocycles. The first kappa shape index (κ1) is 16.9. The summed E-state index contributed by atoms with van der Waals surface area (Å²) in [7, 11) is 0. The van der Waals surface area contributed by atoms with Crippen molar-refractivity contribution in [1.29, 1.82) is 0 Å². The number of hydrogen-bond acceptors (Lipinski definition) is 4. The van der Waals surface area contributed by atoms with Crippen molar-refractivity contribution in [3.05, 3.63) is 64.1 Å². The number of nitrogens with zero attached hydrogens (tertiary/aromatic N) is 2. The zero-order chi connectivity index (χ0) is 16.7. The van der Waals surface area contributed by atoms with Crippen molar-refractivity contribution in [2.75, 3.05) is 6.54 Å². The Morgan fingerprint density at radius 3 is 2.70 bits per heavy atom. The molecule has 2 aromatic rings. The fourth-order valence-electron chi connectivity index (χ4n) is 2.09. The van der Waals surface area contributed by atoms with Gasteiger partial charge in [0.05, 0.1) is 12.6 Å². The van der Waals surface area contributed by atoms with E-state index in [1.807, 2.05) is 37.3 Å². The van der Waals surface area contributed by atoms with Crippen LogP contribution in [-0.4, -0.2) is 33.4 Å². The Kier molecular flexibility index (Phi) is 6.05. The summed E-state index contributed by atoms with van der Waals surface area (Å²) in [6.45, 7) is 2.57. The van der Waals surface area contributed by atoms with Crippen LogP contribution in [0.3, 0.4) is 0 Å². The third kappa shape index (κ3) is 5.03. The number of aliphatic hydroxyl groups is 1. The van der Waals surface area contributed by atoms with Crippen molar-refractivity contribution >= 4 is 5.91 Å². The number of carbonyl (C=O) groups is 1. The molecule has 1 aromatic heterocycles. The van der Waals surface area contributed by atoms with Gasteiger partial charge in [-0.1, -0.05) is 37.3 Å². The van der Waals surface area contributed by atoms with Crippen LogP contribution in [-0.2, 0) is 6.54 Å². The first-order valence-electron chi connectivity index (χ1n) is 7.68. The molecule has 0 fully saturated rings. The highest BCUT2D eigenvalue weighted by atomic mass is 16.3. The average Bonchev–Trinajstić information content (AvgIpc) is 2.57. The van der Waals surface area contributed by atoms with E-state index in [2.05, 4.69) is 10.4 Å². The maximum Gasteiger partial charge on any atom is 0.271 e. The van der Waals surface area contributed by atoms with E-state index >= 15 is 0 Å². The number of aromatic nitrogens is 2. The van der Waals surface area contributed by atoms with Gasteiger partial charge in [-0.3, -0.25) is 9.59 Å². The van der Waals surface area contributed by atoms with Crippen molar-refractivity contribution < 1.29 is 9.90 Å². The summed E-state index contributed by atoms with van der Waals surface area (Å²) in [4.78, 5) is 23.9. The zero-order valence-corrected chi connectivity index (χ0v) is 13.1. The Morgan fingerprint density at radius 1 is 1.26 bits per heavy atom. The Balaban J connectivity index is 2.04. The molecule has 0 spiro atoms. The third-order valence-corrected chi connectivity index (χ3v) is 3.51. The predicted octanol–water partition coefficient (Wildman–Crippen LogP) is 1.18. The summed E-state index contributed by atoms with van der Waals surface area (Å²) < 4.78 is 1.27. The van der Waals surface area contributed by atoms with Crippen LogP contribution >= 0.6 is 0 Å². The maximum absolute atomic E-state index is 12.1. The van der Waals surface area contributed by atoms with E-state index in [-0.39, 0.29) is 17.2 Å². The molecule has 0 saturated carbocycles. The van der Waals surface area contributed by atoms with Crippen LogP contribution in [0.25, 0.3) is 0 Å². The molecule has 0 aliphatic rings. The number of hydrogen-bond donors (Lipinski definition) is 2. The van der Waals surface area contributed by atoms with E-state index in [0.29, 0.717) is 25.9 Å². The molecule has 0 aliphatic carbocycles. The standard InChI is InChI=1S/C17H21N3O3/c1-2-14(21)10-11-18-17(23)15-8-9-16(22)20(19-15)12-13-6-4-3-5-7-13/h3-9,14,21H,2,10-12H2,1H3,(H,18,23). The normalized spacial score (nSPS) is 11.9. The predicted molar refractivity (Wildman–Crippen MR) is 87.3 cm³/mol. The smallest absolute Gasteiger partial charge is 0.271 e. The molecule has 1 unspecified atom stereocenters. The molecule has 2 rings (SSSR count). The van der Waals surface area contributed by atoms with Gasteiger partial charge in [-0.15, -0.1) is 0 Å². The number of benzene rings is 1. The minimum Gasteiger partial charge on any atom is -0.393 e. The van der Waals surface area contributed by atoms with Gasteiger partial charge in [0.2, 0.25) is 0 Å². The summed E-state index contributed by atoms with van der Waals surface area (Å²) in [6, 6.07) is 12.2. The molecule has 0 radical (unpaired) electrons. The van der Waals surface area contributed by atoms with Crippen LogP contribution in [0.5, 0.6) is 0 Å². The van der Waals surface area contributed by atoms with Crippen LogP contribution in [0.1, 0.15) is 35.8 Å². The van der Waals surface area contributed by atoms with Crippen molar-refractivity contribution in [3.63, 3.8) is 0 Å². The van der Waals surface area contributed by atoms with Gasteiger partial charge < -0.3 is 10.4 Å². The van der Waals surface area contributed by atoms with Gasteiger partial charge in [-0.05, 0) is 24.5 Å². The van der Waals surface area contributed by atoms with Crippen molar-refractivity contribution in [1.82, 2.24) is 15.1 Å². The van der Waals surface area contributed by atoms with Gasteiger partial charge in [-0.25, -0.2) is 4.68 Å². The van der Waals surface area contributed by atoms with Crippen molar-refractivity contribution in [2.24, 2.45) is 0 Å². The van der Waals surface area contributed by atoms with Gasteiger partial charge in [0.25, 0.3) is 11.5 Å². The Labute approximate surface area is 134 Å². The lowest BCUT2D eigenvalue weighted by atomic mass is 10.2. The third-order valence-electron chi connectivity index (χ3n) is 3.51. The fraction of sp³-hybridized carbons (Fsp3) is 0.353. The molecule has 2 N–H and O–H groups in total. The second-order valence-electron chi connectivity index (χ2n) is 5.31. The summed E-state index contributed by atoms with van der Waals surface area (Å²) >= 11 is 0. The summed E-state index contributed by atoms with van der Waals surface area (Å²) in [5.74, 6) is -0.352. The molecule has 0 saturated heterocycles. The Morgan fingerprint density at radius 2 is 2.00 bits per heavy atom. The lowest BCUT2D eigenvalue weighted by molar-refractivity contribution is 0.0934. The SMILES string of the molecule is CCC(O)CCNC(=O)c1ccc(=O)n(Cc2ccccc2)n1. The molecule has 6 heteroatoms. The number of carbonyl (C=O) groups excluding carboxylic acids is 1. The molecule has 0 bridgehead atoms. The van der Waals surface area contributed by atoms with Crippen LogP contribution in [0.2, 0.25) is 0 Å². The molecule has 122 valence electrons. The second kappa shape index (κ2) is 8.24. The average molecular weight is 315 g/mol. The monoisotopic (exact) mass is 315 g/mol. The first-order chi connectivity index (χ1) is 11.1. The van der Waals surface area contributed by atoms with Gasteiger partial charge in [-0.2, -0.15) is 5.10 Å². The van der Waals surface area contributed by atoms with E-state index < -0.39 is 6.10 Å². The Hall–Kier alpha value is -2.47. The molecule has 1 atom stereocenters. The molecular weight excluding hydrogens is 294 g/mol. The van der Waals surface area contributed by atoms with E-state index in [9.17, 15) is 14.7 Å². The summed E-state index contributed by atoms with van der Waals surface area (Å²) in [5, 5.41) is 16.3. The molecule has 1 aromatic carbocycles. The summed E-state index contributed by atoms with van der Waals surface area (Å²) in [5.41, 5.74) is 0.865. The number of aliphatic hydroxyl groups excluding tert-OH is 1. The molecule has 6 nitrogen and oxygen atoms in total. The van der Waals surface area contributed by atoms with E-state index in [1.165, 1.54) is 16.8 Å². The van der Waals surface area contributed by atoms with E-state index in [0.717, 1.165) is 5.56 Å². The van der Waals surface area contributed by atoms with Gasteiger partial charge in [0.15, 0.2) is 0 Å². The molecular formula is C17H21N3O3. The lowest BCUT2D eigenvalue weighted by Gasteiger charge is -2.10. The maximum atomic E-state index is 12.1. The van der Waals surface area contributed by atoms with Crippen molar-refractivity contribution in [2.45, 2.75) is 32.4 Å². The van der Waals surface area contributed by atoms with E-state index in [1.54, 1.807) is 0 Å². The molecule has 1 amide bonds. The topological polar surface area (TPSA) is 84.2 Å². The fourth-order valence-corrected chi connectivity index (χ4v) is 2.09. The minimum atomic E-state index is -0.421. The van der Waals surface area contributed by atoms with E-state index in [4.69, 9.17) is 0 Å². The minimum absolute atomic E-state index is 0.187. The van der Waals surface area contributed by atoms with Gasteiger partial charge in [0.1, 0.15) is 5.69 Å². The number of rotatable bonds is 7. The summed E-state index contributed by atoms with van der Waals surface area (Å²) in [6.07, 6.45) is 0.720. The second-order valence-corrected chi connectivity index (χ2v) is 5.31. The van der Waals surface area contributed by atoms with Crippen LogP contribution < -0.4 is 10.9 Å². The van der Waals surface area contributed by atoms with Gasteiger partial charge in [0, 0.05) is 12.6 Å². The van der Waals surface area contributed by atoms with Crippen LogP contribution in [0.4, 0.5) is 0 Å². The molecule has 0 aliphatic heterocycles. The quantitative estimate of drug-likeness (QED) is 0.803. The van der Waals surface area contributed by atoms with Gasteiger partial charge >= 0.3 is 0 Å². The Bertz CT molecular complexity index is 698. The van der Waals surface area contributed by atoms with Crippen LogP contribution in [0, 0.1) is 0 Å². The number of nitrogens with one attached hydrogen (secondary N) is 1. The zero-order valence-electron chi connectivity index (χ0n) is 13.1. The van der Waals surface area contributed by atoms with Crippen molar-refractivity contribution in [3.8, 4) is 0 Å². The highest BCUT2D eigenvalue weighted by Crippen LogP contribution is 2.00. The molecule has 23 heavy (non-hydrogen) atoms. The number of amides is 1.